The number of nitrogens with zero attached hydrogens (tertiary/aromatic N) is 5. The van der Waals surface area contributed by atoms with Gasteiger partial charge in [0.15, 0.2) is 5.82 Å². The summed E-state index contributed by atoms with van der Waals surface area (Å²) in [5.74, 6) is 0.278. The van der Waals surface area contributed by atoms with E-state index in [0.717, 1.165) is 24.8 Å². The molecule has 34 heavy (non-hydrogen) atoms. The normalized spacial score (nSPS) is 17.9. The molecule has 3 aromatic rings. The number of hydrogen-bond acceptors (Lipinski definition) is 6. The van der Waals surface area contributed by atoms with Crippen molar-refractivity contribution in [3.63, 3.8) is 0 Å². The molecule has 1 fully saturated rings. The number of benzene rings is 1. The van der Waals surface area contributed by atoms with Crippen molar-refractivity contribution in [2.75, 3.05) is 28.8 Å². The Labute approximate surface area is 197 Å². The molecule has 2 unspecified atom stereocenters. The minimum absolute atomic E-state index is 0.222. The summed E-state index contributed by atoms with van der Waals surface area (Å²) < 4.78 is 15.1. The second-order valence-corrected chi connectivity index (χ2v) is 8.99. The van der Waals surface area contributed by atoms with Crippen LogP contribution in [0.3, 0.4) is 0 Å². The Morgan fingerprint density at radius 2 is 1.94 bits per heavy atom. The van der Waals surface area contributed by atoms with Crippen molar-refractivity contribution in [1.82, 2.24) is 9.97 Å². The van der Waals surface area contributed by atoms with Crippen molar-refractivity contribution in [2.45, 2.75) is 37.9 Å². The van der Waals surface area contributed by atoms with Gasteiger partial charge in [-0.15, -0.1) is 0 Å². The van der Waals surface area contributed by atoms with E-state index in [0.29, 0.717) is 28.3 Å². The van der Waals surface area contributed by atoms with Crippen LogP contribution >= 0.6 is 0 Å². The highest BCUT2D eigenvalue weighted by molar-refractivity contribution is 6.11. The zero-order valence-electron chi connectivity index (χ0n) is 19.4. The number of amides is 1. The van der Waals surface area contributed by atoms with Gasteiger partial charge in [-0.1, -0.05) is 12.1 Å². The first-order chi connectivity index (χ1) is 16.4. The SMILES string of the molecule is CC(C=O)N(c1nc(N2C(=O)c3cccc(F)c3C2c2cccnc2)ccc1N(C)C)C1CC1. The first kappa shape index (κ1) is 22.0. The number of carbonyl (C=O) groups excluding carboxylic acids is 2. The van der Waals surface area contributed by atoms with Crippen LogP contribution < -0.4 is 14.7 Å². The number of aldehydes is 1. The lowest BCUT2D eigenvalue weighted by Gasteiger charge is -2.32. The molecule has 2 aliphatic rings. The van der Waals surface area contributed by atoms with E-state index in [4.69, 9.17) is 4.98 Å². The number of hydrogen-bond donors (Lipinski definition) is 0. The minimum Gasteiger partial charge on any atom is -0.375 e. The zero-order chi connectivity index (χ0) is 24.0. The Kier molecular flexibility index (Phi) is 5.51. The third-order valence-corrected chi connectivity index (χ3v) is 6.42. The van der Waals surface area contributed by atoms with E-state index < -0.39 is 11.9 Å². The number of halogens is 1. The molecule has 1 amide bonds. The Morgan fingerprint density at radius 1 is 1.15 bits per heavy atom. The van der Waals surface area contributed by atoms with Crippen LogP contribution in [0.15, 0.2) is 54.9 Å². The molecule has 1 aliphatic carbocycles. The largest absolute Gasteiger partial charge is 0.375 e. The van der Waals surface area contributed by atoms with Gasteiger partial charge in [0.25, 0.3) is 5.91 Å². The molecule has 5 rings (SSSR count). The number of pyridine rings is 2. The fourth-order valence-corrected chi connectivity index (χ4v) is 4.69. The predicted molar refractivity (Wildman–Crippen MR) is 129 cm³/mol. The standard InChI is InChI=1S/C26H26FN5O2/c1-16(15-33)31(18-9-10-18)25-21(30(2)3)11-12-22(29-25)32-24(17-6-5-13-28-14-17)23-19(26(32)34)7-4-8-20(23)27/h4-8,11-16,18,24H,9-10H2,1-3H3. The van der Waals surface area contributed by atoms with E-state index in [1.807, 2.05) is 43.0 Å². The molecule has 0 saturated heterocycles. The van der Waals surface area contributed by atoms with Crippen LogP contribution in [0.5, 0.6) is 0 Å². The lowest BCUT2D eigenvalue weighted by atomic mass is 9.98. The van der Waals surface area contributed by atoms with E-state index in [1.54, 1.807) is 36.7 Å². The molecule has 1 aliphatic heterocycles. The van der Waals surface area contributed by atoms with E-state index >= 15 is 4.39 Å². The summed E-state index contributed by atoms with van der Waals surface area (Å²) in [6.45, 7) is 1.85. The lowest BCUT2D eigenvalue weighted by molar-refractivity contribution is -0.108. The zero-order valence-corrected chi connectivity index (χ0v) is 19.4. The van der Waals surface area contributed by atoms with Gasteiger partial charge < -0.3 is 14.6 Å². The second kappa shape index (κ2) is 8.52. The number of carbonyl (C=O) groups is 2. The molecular weight excluding hydrogens is 433 g/mol. The highest BCUT2D eigenvalue weighted by Gasteiger charge is 2.42. The van der Waals surface area contributed by atoms with Crippen LogP contribution in [-0.4, -0.2) is 48.3 Å². The van der Waals surface area contributed by atoms with Gasteiger partial charge in [-0.2, -0.15) is 0 Å². The summed E-state index contributed by atoms with van der Waals surface area (Å²) in [5, 5.41) is 0. The van der Waals surface area contributed by atoms with Crippen LogP contribution in [0.2, 0.25) is 0 Å². The van der Waals surface area contributed by atoms with Crippen molar-refractivity contribution in [3.8, 4) is 0 Å². The van der Waals surface area contributed by atoms with Crippen molar-refractivity contribution >= 4 is 29.5 Å². The Balaban J connectivity index is 1.69. The van der Waals surface area contributed by atoms with Crippen LogP contribution in [-0.2, 0) is 4.79 Å². The number of anilines is 3. The molecule has 1 aromatic carbocycles. The highest BCUT2D eigenvalue weighted by atomic mass is 19.1. The fourth-order valence-electron chi connectivity index (χ4n) is 4.69. The van der Waals surface area contributed by atoms with Gasteiger partial charge in [0.2, 0.25) is 0 Å². The van der Waals surface area contributed by atoms with Crippen LogP contribution in [0.25, 0.3) is 0 Å². The summed E-state index contributed by atoms with van der Waals surface area (Å²) in [7, 11) is 3.84. The van der Waals surface area contributed by atoms with Gasteiger partial charge in [-0.25, -0.2) is 9.37 Å². The minimum atomic E-state index is -0.694. The van der Waals surface area contributed by atoms with Crippen LogP contribution in [0, 0.1) is 5.82 Å². The molecule has 0 bridgehead atoms. The van der Waals surface area contributed by atoms with E-state index in [1.165, 1.54) is 11.0 Å². The highest BCUT2D eigenvalue weighted by Crippen LogP contribution is 2.44. The molecule has 174 valence electrons. The molecule has 0 N–H and O–H groups in total. The first-order valence-electron chi connectivity index (χ1n) is 11.4. The quantitative estimate of drug-likeness (QED) is 0.498. The van der Waals surface area contributed by atoms with E-state index in [9.17, 15) is 9.59 Å². The number of rotatable bonds is 7. The smallest absolute Gasteiger partial charge is 0.260 e. The van der Waals surface area contributed by atoms with Gasteiger partial charge >= 0.3 is 0 Å². The number of fused-ring (bicyclic) bond motifs is 1. The predicted octanol–water partition coefficient (Wildman–Crippen LogP) is 3.99. The molecule has 1 saturated carbocycles. The summed E-state index contributed by atoms with van der Waals surface area (Å²) in [5.41, 5.74) is 2.17. The van der Waals surface area contributed by atoms with E-state index in [-0.39, 0.29) is 18.0 Å². The maximum Gasteiger partial charge on any atom is 0.260 e. The van der Waals surface area contributed by atoms with Crippen molar-refractivity contribution < 1.29 is 14.0 Å². The summed E-state index contributed by atoms with van der Waals surface area (Å²) >= 11 is 0. The molecule has 3 heterocycles. The van der Waals surface area contributed by atoms with Crippen LogP contribution in [0.4, 0.5) is 21.7 Å². The topological polar surface area (TPSA) is 69.6 Å². The molecule has 8 heteroatoms. The third-order valence-electron chi connectivity index (χ3n) is 6.42. The Hall–Kier alpha value is -3.81. The Morgan fingerprint density at radius 3 is 2.59 bits per heavy atom. The molecular formula is C26H26FN5O2. The number of aromatic nitrogens is 2. The second-order valence-electron chi connectivity index (χ2n) is 8.99. The maximum absolute atomic E-state index is 15.1. The monoisotopic (exact) mass is 459 g/mol. The Bertz CT molecular complexity index is 1250. The third kappa shape index (κ3) is 3.59. The summed E-state index contributed by atoms with van der Waals surface area (Å²) in [6, 6.07) is 11.0. The van der Waals surface area contributed by atoms with Gasteiger partial charge in [0.05, 0.1) is 17.8 Å². The molecule has 2 atom stereocenters. The van der Waals surface area contributed by atoms with Gasteiger partial charge in [0, 0.05) is 43.7 Å². The average Bonchev–Trinajstić information content (AvgIpc) is 3.63. The summed E-state index contributed by atoms with van der Waals surface area (Å²) in [4.78, 5) is 40.0. The first-order valence-corrected chi connectivity index (χ1v) is 11.4. The maximum atomic E-state index is 15.1. The molecule has 7 nitrogen and oxygen atoms in total. The molecule has 2 aromatic heterocycles. The summed E-state index contributed by atoms with van der Waals surface area (Å²) in [6.07, 6.45) is 6.16. The lowest BCUT2D eigenvalue weighted by Crippen LogP contribution is -2.38. The van der Waals surface area contributed by atoms with Gasteiger partial charge in [0.1, 0.15) is 17.9 Å². The van der Waals surface area contributed by atoms with Crippen molar-refractivity contribution in [2.24, 2.45) is 0 Å². The van der Waals surface area contributed by atoms with Gasteiger partial charge in [-0.05, 0) is 55.7 Å². The van der Waals surface area contributed by atoms with Crippen molar-refractivity contribution in [3.05, 3.63) is 77.4 Å². The van der Waals surface area contributed by atoms with Crippen LogP contribution in [0.1, 0.15) is 47.3 Å². The van der Waals surface area contributed by atoms with E-state index in [2.05, 4.69) is 4.98 Å². The fraction of sp³-hybridized carbons (Fsp3) is 0.308. The molecule has 0 radical (unpaired) electrons. The van der Waals surface area contributed by atoms with Gasteiger partial charge in [-0.3, -0.25) is 14.7 Å². The molecule has 0 spiro atoms. The average molecular weight is 460 g/mol. The van der Waals surface area contributed by atoms with Crippen molar-refractivity contribution in [1.29, 1.82) is 0 Å².